The molecule has 7 heteroatoms. The number of anilines is 1. The minimum atomic E-state index is -0.672. The van der Waals surface area contributed by atoms with Crippen LogP contribution in [-0.4, -0.2) is 20.6 Å². The van der Waals surface area contributed by atoms with Crippen LogP contribution < -0.4 is 10.9 Å². The van der Waals surface area contributed by atoms with E-state index in [1.807, 2.05) is 36.4 Å². The Labute approximate surface area is 193 Å². The SMILES string of the molecule is C=CCn1c(=O)c(C(=O)Nc2ccc(-c3nc4ccccc4s3)cc2)c(O)c2ccccc21. The Morgan fingerprint density at radius 3 is 2.55 bits per heavy atom. The van der Waals surface area contributed by atoms with Gasteiger partial charge in [-0.05, 0) is 48.5 Å². The maximum atomic E-state index is 13.0. The summed E-state index contributed by atoms with van der Waals surface area (Å²) in [6.07, 6.45) is 1.58. The summed E-state index contributed by atoms with van der Waals surface area (Å²) >= 11 is 1.59. The number of pyridine rings is 1. The molecule has 0 fully saturated rings. The molecular weight excluding hydrogens is 434 g/mol. The van der Waals surface area contributed by atoms with Crippen molar-refractivity contribution in [2.24, 2.45) is 0 Å². The van der Waals surface area contributed by atoms with Gasteiger partial charge in [-0.2, -0.15) is 0 Å². The Hall–Kier alpha value is -4.23. The van der Waals surface area contributed by atoms with Crippen LogP contribution >= 0.6 is 11.3 Å². The second kappa shape index (κ2) is 8.37. The summed E-state index contributed by atoms with van der Waals surface area (Å²) in [6.45, 7) is 3.91. The van der Waals surface area contributed by atoms with Crippen LogP contribution in [0.2, 0.25) is 0 Å². The largest absolute Gasteiger partial charge is 0.506 e. The first-order valence-electron chi connectivity index (χ1n) is 10.3. The number of aromatic nitrogens is 2. The summed E-state index contributed by atoms with van der Waals surface area (Å²) in [5.41, 5.74) is 2.04. The van der Waals surface area contributed by atoms with Crippen molar-refractivity contribution < 1.29 is 9.90 Å². The quantitative estimate of drug-likeness (QED) is 0.348. The van der Waals surface area contributed by atoms with Gasteiger partial charge in [0.2, 0.25) is 0 Å². The Morgan fingerprint density at radius 1 is 1.06 bits per heavy atom. The molecule has 5 rings (SSSR count). The van der Waals surface area contributed by atoms with Crippen LogP contribution in [0.3, 0.4) is 0 Å². The third-order valence-electron chi connectivity index (χ3n) is 5.37. The predicted molar refractivity (Wildman–Crippen MR) is 133 cm³/mol. The predicted octanol–water partition coefficient (Wildman–Crippen LogP) is 5.42. The van der Waals surface area contributed by atoms with Crippen LogP contribution in [0.5, 0.6) is 5.75 Å². The van der Waals surface area contributed by atoms with E-state index in [0.29, 0.717) is 16.6 Å². The molecule has 5 aromatic rings. The van der Waals surface area contributed by atoms with Gasteiger partial charge in [-0.25, -0.2) is 4.98 Å². The molecule has 0 radical (unpaired) electrons. The van der Waals surface area contributed by atoms with Gasteiger partial charge in [0.25, 0.3) is 11.5 Å². The summed E-state index contributed by atoms with van der Waals surface area (Å²) in [6, 6.07) is 22.1. The molecule has 0 saturated carbocycles. The molecule has 33 heavy (non-hydrogen) atoms. The Kier molecular flexibility index (Phi) is 5.24. The number of thiazole rings is 1. The van der Waals surface area contributed by atoms with Crippen LogP contribution in [0.25, 0.3) is 31.7 Å². The standard InChI is InChI=1S/C26H19N3O3S/c1-2-15-29-20-9-5-3-7-18(20)23(30)22(26(29)32)24(31)27-17-13-11-16(12-14-17)25-28-19-8-4-6-10-21(19)33-25/h2-14,30H,1,15H2,(H,27,31). The number of hydrogen-bond donors (Lipinski definition) is 2. The van der Waals surface area contributed by atoms with E-state index >= 15 is 0 Å². The van der Waals surface area contributed by atoms with Crippen molar-refractivity contribution in [3.05, 3.63) is 101 Å². The Morgan fingerprint density at radius 2 is 1.79 bits per heavy atom. The maximum Gasteiger partial charge on any atom is 0.268 e. The van der Waals surface area contributed by atoms with Crippen molar-refractivity contribution in [3.63, 3.8) is 0 Å². The first-order chi connectivity index (χ1) is 16.1. The third-order valence-corrected chi connectivity index (χ3v) is 6.45. The average Bonchev–Trinajstić information content (AvgIpc) is 3.27. The fourth-order valence-corrected chi connectivity index (χ4v) is 4.76. The van der Waals surface area contributed by atoms with Crippen LogP contribution in [0.4, 0.5) is 5.69 Å². The third kappa shape index (κ3) is 3.68. The number of carbonyl (C=O) groups excluding carboxylic acids is 1. The number of nitrogens with one attached hydrogen (secondary N) is 1. The van der Waals surface area contributed by atoms with Crippen LogP contribution in [0, 0.1) is 0 Å². The number of hydrogen-bond acceptors (Lipinski definition) is 5. The normalized spacial score (nSPS) is 11.0. The number of para-hydroxylation sites is 2. The van der Waals surface area contributed by atoms with Crippen LogP contribution in [0.1, 0.15) is 10.4 Å². The van der Waals surface area contributed by atoms with Gasteiger partial charge in [0, 0.05) is 23.2 Å². The highest BCUT2D eigenvalue weighted by molar-refractivity contribution is 7.21. The molecule has 162 valence electrons. The van der Waals surface area contributed by atoms with Gasteiger partial charge in [-0.15, -0.1) is 17.9 Å². The molecule has 0 aliphatic rings. The van der Waals surface area contributed by atoms with Gasteiger partial charge >= 0.3 is 0 Å². The number of fused-ring (bicyclic) bond motifs is 2. The van der Waals surface area contributed by atoms with Crippen LogP contribution in [0.15, 0.2) is 90.2 Å². The van der Waals surface area contributed by atoms with E-state index in [2.05, 4.69) is 16.9 Å². The van der Waals surface area contributed by atoms with Gasteiger partial charge in [0.05, 0.1) is 15.7 Å². The zero-order chi connectivity index (χ0) is 22.9. The second-order valence-corrected chi connectivity index (χ2v) is 8.49. The number of amides is 1. The zero-order valence-corrected chi connectivity index (χ0v) is 18.3. The van der Waals surface area contributed by atoms with E-state index in [1.54, 1.807) is 53.8 Å². The van der Waals surface area contributed by atoms with Crippen molar-refractivity contribution in [1.82, 2.24) is 9.55 Å². The second-order valence-electron chi connectivity index (χ2n) is 7.46. The smallest absolute Gasteiger partial charge is 0.268 e. The molecule has 2 N–H and O–H groups in total. The van der Waals surface area contributed by atoms with E-state index in [1.165, 1.54) is 4.57 Å². The van der Waals surface area contributed by atoms with E-state index in [0.717, 1.165) is 20.8 Å². The van der Waals surface area contributed by atoms with Crippen molar-refractivity contribution in [2.75, 3.05) is 5.32 Å². The Balaban J connectivity index is 1.47. The first-order valence-corrected chi connectivity index (χ1v) is 11.1. The molecule has 0 bridgehead atoms. The molecule has 0 aliphatic carbocycles. The summed E-state index contributed by atoms with van der Waals surface area (Å²) < 4.78 is 2.53. The molecule has 2 aromatic heterocycles. The van der Waals surface area contributed by atoms with Gasteiger partial charge in [0.15, 0.2) is 0 Å². The molecule has 3 aromatic carbocycles. The lowest BCUT2D eigenvalue weighted by Gasteiger charge is -2.14. The van der Waals surface area contributed by atoms with Crippen LogP contribution in [-0.2, 0) is 6.54 Å². The topological polar surface area (TPSA) is 84.2 Å². The number of rotatable bonds is 5. The van der Waals surface area contributed by atoms with Crippen molar-refractivity contribution >= 4 is 44.1 Å². The highest BCUT2D eigenvalue weighted by Gasteiger charge is 2.22. The molecule has 0 atom stereocenters. The molecule has 6 nitrogen and oxygen atoms in total. The lowest BCUT2D eigenvalue weighted by Crippen LogP contribution is -2.29. The van der Waals surface area contributed by atoms with E-state index in [-0.39, 0.29) is 17.9 Å². The molecule has 0 saturated heterocycles. The molecule has 0 spiro atoms. The van der Waals surface area contributed by atoms with Gasteiger partial charge < -0.3 is 15.0 Å². The summed E-state index contributed by atoms with van der Waals surface area (Å²) in [5.74, 6) is -1.01. The van der Waals surface area contributed by atoms with E-state index < -0.39 is 11.5 Å². The number of aromatic hydroxyl groups is 1. The minimum absolute atomic E-state index is 0.219. The number of allylic oxidation sites excluding steroid dienone is 1. The monoisotopic (exact) mass is 453 g/mol. The van der Waals surface area contributed by atoms with Crippen molar-refractivity contribution in [1.29, 1.82) is 0 Å². The summed E-state index contributed by atoms with van der Waals surface area (Å²) in [4.78, 5) is 30.7. The van der Waals surface area contributed by atoms with Crippen molar-refractivity contribution in [2.45, 2.75) is 6.54 Å². The van der Waals surface area contributed by atoms with E-state index in [4.69, 9.17) is 0 Å². The molecule has 0 aliphatic heterocycles. The van der Waals surface area contributed by atoms with Gasteiger partial charge in [0.1, 0.15) is 16.3 Å². The number of carbonyl (C=O) groups is 1. The fourth-order valence-electron chi connectivity index (χ4n) is 3.79. The lowest BCUT2D eigenvalue weighted by molar-refractivity contribution is 0.102. The summed E-state index contributed by atoms with van der Waals surface area (Å²) in [7, 11) is 0. The lowest BCUT2D eigenvalue weighted by atomic mass is 10.1. The highest BCUT2D eigenvalue weighted by atomic mass is 32.1. The molecule has 0 unspecified atom stereocenters. The maximum absolute atomic E-state index is 13.0. The number of nitrogens with zero attached hydrogens (tertiary/aromatic N) is 2. The first kappa shape index (κ1) is 20.7. The fraction of sp³-hybridized carbons (Fsp3) is 0.0385. The van der Waals surface area contributed by atoms with Crippen molar-refractivity contribution in [3.8, 4) is 16.3 Å². The number of benzene rings is 3. The molecule has 2 heterocycles. The highest BCUT2D eigenvalue weighted by Crippen LogP contribution is 2.31. The summed E-state index contributed by atoms with van der Waals surface area (Å²) in [5, 5.41) is 14.8. The Bertz CT molecular complexity index is 1550. The minimum Gasteiger partial charge on any atom is -0.506 e. The average molecular weight is 454 g/mol. The van der Waals surface area contributed by atoms with Gasteiger partial charge in [-0.3, -0.25) is 9.59 Å². The zero-order valence-electron chi connectivity index (χ0n) is 17.5. The van der Waals surface area contributed by atoms with Gasteiger partial charge in [-0.1, -0.05) is 30.3 Å². The van der Waals surface area contributed by atoms with E-state index in [9.17, 15) is 14.7 Å². The molecule has 1 amide bonds. The molecular formula is C26H19N3O3S.